The van der Waals surface area contributed by atoms with Gasteiger partial charge in [-0.2, -0.15) is 0 Å². The van der Waals surface area contributed by atoms with Crippen LogP contribution in [0.5, 0.6) is 0 Å². The number of allylic oxidation sites excluding steroid dienone is 1. The Morgan fingerprint density at radius 1 is 1.24 bits per heavy atom. The van der Waals surface area contributed by atoms with E-state index < -0.39 is 5.60 Å². The van der Waals surface area contributed by atoms with Crippen molar-refractivity contribution in [3.63, 3.8) is 0 Å². The monoisotopic (exact) mass is 294 g/mol. The molecule has 0 radical (unpaired) electrons. The number of ether oxygens (including phenoxy) is 1. The molecule has 1 aliphatic carbocycles. The largest absolute Gasteiger partial charge is 0.444 e. The van der Waals surface area contributed by atoms with Gasteiger partial charge in [-0.3, -0.25) is 4.79 Å². The summed E-state index contributed by atoms with van der Waals surface area (Å²) in [4.78, 5) is 27.4. The van der Waals surface area contributed by atoms with Gasteiger partial charge in [0.15, 0.2) is 5.78 Å². The second-order valence-electron chi connectivity index (χ2n) is 7.62. The van der Waals surface area contributed by atoms with Crippen molar-refractivity contribution in [2.75, 3.05) is 27.2 Å². The second kappa shape index (κ2) is 5.35. The summed E-state index contributed by atoms with van der Waals surface area (Å²) >= 11 is 0. The minimum atomic E-state index is -0.449. The zero-order valence-electron chi connectivity index (χ0n) is 13.7. The molecule has 118 valence electrons. The van der Waals surface area contributed by atoms with Crippen LogP contribution in [0.1, 0.15) is 33.6 Å². The van der Waals surface area contributed by atoms with Gasteiger partial charge in [-0.05, 0) is 39.7 Å². The van der Waals surface area contributed by atoms with E-state index in [-0.39, 0.29) is 23.2 Å². The van der Waals surface area contributed by atoms with Crippen molar-refractivity contribution in [2.24, 2.45) is 11.3 Å². The Balaban J connectivity index is 1.74. The van der Waals surface area contributed by atoms with Gasteiger partial charge in [0.2, 0.25) is 0 Å². The molecule has 1 heterocycles. The van der Waals surface area contributed by atoms with Crippen LogP contribution in [0.25, 0.3) is 0 Å². The average molecular weight is 294 g/mol. The number of rotatable bonds is 3. The second-order valence-corrected chi connectivity index (χ2v) is 7.62. The SMILES string of the molecule is CN(C)/C=C/C(=O)C1CC2(C1)CN(C(=O)OC(C)(C)C)C2. The van der Waals surface area contributed by atoms with Crippen molar-refractivity contribution in [3.05, 3.63) is 12.3 Å². The van der Waals surface area contributed by atoms with Crippen LogP contribution >= 0.6 is 0 Å². The van der Waals surface area contributed by atoms with Crippen LogP contribution in [-0.4, -0.2) is 54.5 Å². The van der Waals surface area contributed by atoms with E-state index in [1.807, 2.05) is 39.8 Å². The first-order valence-electron chi connectivity index (χ1n) is 7.47. The van der Waals surface area contributed by atoms with Gasteiger partial charge in [-0.15, -0.1) is 0 Å². The predicted octanol–water partition coefficient (Wildman–Crippen LogP) is 2.28. The summed E-state index contributed by atoms with van der Waals surface area (Å²) in [5.41, 5.74) is -0.280. The van der Waals surface area contributed by atoms with E-state index in [2.05, 4.69) is 0 Å². The molecule has 21 heavy (non-hydrogen) atoms. The standard InChI is InChI=1S/C16H26N2O3/c1-15(2,3)21-14(20)18-10-16(11-18)8-12(9-16)13(19)6-7-17(4)5/h6-7,12H,8-11H2,1-5H3/b7-6+. The topological polar surface area (TPSA) is 49.9 Å². The molecule has 0 unspecified atom stereocenters. The number of amides is 1. The highest BCUT2D eigenvalue weighted by Crippen LogP contribution is 2.52. The Hall–Kier alpha value is -1.52. The third-order valence-electron chi connectivity index (χ3n) is 4.00. The first kappa shape index (κ1) is 15.9. The molecule has 2 fully saturated rings. The molecular weight excluding hydrogens is 268 g/mol. The van der Waals surface area contributed by atoms with Gasteiger partial charge < -0.3 is 14.5 Å². The van der Waals surface area contributed by atoms with Crippen LogP contribution in [0.4, 0.5) is 4.79 Å². The zero-order valence-corrected chi connectivity index (χ0v) is 13.7. The summed E-state index contributed by atoms with van der Waals surface area (Å²) in [5, 5.41) is 0. The fourth-order valence-corrected chi connectivity index (χ4v) is 3.02. The van der Waals surface area contributed by atoms with Gasteiger partial charge in [-0.25, -0.2) is 4.79 Å². The summed E-state index contributed by atoms with van der Waals surface area (Å²) in [5.74, 6) is 0.326. The van der Waals surface area contributed by atoms with Crippen LogP contribution in [0.3, 0.4) is 0 Å². The highest BCUT2D eigenvalue weighted by molar-refractivity contribution is 5.92. The number of nitrogens with zero attached hydrogens (tertiary/aromatic N) is 2. The van der Waals surface area contributed by atoms with Crippen molar-refractivity contribution in [3.8, 4) is 0 Å². The highest BCUT2D eigenvalue weighted by Gasteiger charge is 2.55. The molecule has 5 nitrogen and oxygen atoms in total. The maximum atomic E-state index is 11.9. The van der Waals surface area contributed by atoms with E-state index in [1.54, 1.807) is 17.2 Å². The van der Waals surface area contributed by atoms with E-state index in [0.29, 0.717) is 0 Å². The minimum Gasteiger partial charge on any atom is -0.444 e. The van der Waals surface area contributed by atoms with E-state index >= 15 is 0 Å². The Morgan fingerprint density at radius 2 is 1.81 bits per heavy atom. The fourth-order valence-electron chi connectivity index (χ4n) is 3.02. The van der Waals surface area contributed by atoms with Gasteiger partial charge in [0, 0.05) is 44.7 Å². The van der Waals surface area contributed by atoms with Gasteiger partial charge in [0.05, 0.1) is 0 Å². The smallest absolute Gasteiger partial charge is 0.410 e. The molecule has 5 heteroatoms. The summed E-state index contributed by atoms with van der Waals surface area (Å²) in [6.07, 6.45) is 4.99. The Bertz CT molecular complexity index is 449. The number of hydrogen-bond acceptors (Lipinski definition) is 4. The van der Waals surface area contributed by atoms with Gasteiger partial charge in [0.1, 0.15) is 5.60 Å². The number of hydrogen-bond donors (Lipinski definition) is 0. The van der Waals surface area contributed by atoms with Gasteiger partial charge >= 0.3 is 6.09 Å². The lowest BCUT2D eigenvalue weighted by molar-refractivity contribution is -0.136. The van der Waals surface area contributed by atoms with Crippen molar-refractivity contribution >= 4 is 11.9 Å². The first-order valence-corrected chi connectivity index (χ1v) is 7.47. The van der Waals surface area contributed by atoms with Crippen LogP contribution < -0.4 is 0 Å². The van der Waals surface area contributed by atoms with E-state index in [0.717, 1.165) is 25.9 Å². The normalized spacial score (nSPS) is 21.1. The average Bonchev–Trinajstić information content (AvgIpc) is 2.19. The highest BCUT2D eigenvalue weighted by atomic mass is 16.6. The van der Waals surface area contributed by atoms with Crippen LogP contribution in [0, 0.1) is 11.3 Å². The molecular formula is C16H26N2O3. The molecule has 0 atom stereocenters. The summed E-state index contributed by atoms with van der Waals surface area (Å²) < 4.78 is 5.35. The Labute approximate surface area is 126 Å². The lowest BCUT2D eigenvalue weighted by atomic mass is 9.57. The Kier molecular flexibility index (Phi) is 4.04. The number of ketones is 1. The van der Waals surface area contributed by atoms with Crippen molar-refractivity contribution in [1.29, 1.82) is 0 Å². The summed E-state index contributed by atoms with van der Waals surface area (Å²) in [7, 11) is 3.80. The molecule has 1 spiro atoms. The van der Waals surface area contributed by atoms with Gasteiger partial charge in [0.25, 0.3) is 0 Å². The maximum Gasteiger partial charge on any atom is 0.410 e. The van der Waals surface area contributed by atoms with Gasteiger partial charge in [-0.1, -0.05) is 0 Å². The number of carbonyl (C=O) groups excluding carboxylic acids is 2. The molecule has 2 aliphatic rings. The first-order chi connectivity index (χ1) is 9.60. The third-order valence-corrected chi connectivity index (χ3v) is 4.00. The van der Waals surface area contributed by atoms with E-state index in [9.17, 15) is 9.59 Å². The lowest BCUT2D eigenvalue weighted by Gasteiger charge is -2.58. The van der Waals surface area contributed by atoms with Crippen molar-refractivity contribution < 1.29 is 14.3 Å². The van der Waals surface area contributed by atoms with Crippen molar-refractivity contribution in [2.45, 2.75) is 39.2 Å². The van der Waals surface area contributed by atoms with E-state index in [4.69, 9.17) is 4.74 Å². The summed E-state index contributed by atoms with van der Waals surface area (Å²) in [6, 6.07) is 0. The Morgan fingerprint density at radius 3 is 2.29 bits per heavy atom. The molecule has 1 aliphatic heterocycles. The fraction of sp³-hybridized carbons (Fsp3) is 0.750. The van der Waals surface area contributed by atoms with Crippen molar-refractivity contribution in [1.82, 2.24) is 9.80 Å². The third kappa shape index (κ3) is 3.77. The molecule has 0 aromatic heterocycles. The predicted molar refractivity (Wildman–Crippen MR) is 80.8 cm³/mol. The lowest BCUT2D eigenvalue weighted by Crippen LogP contribution is -2.65. The number of carbonyl (C=O) groups is 2. The molecule has 0 aromatic carbocycles. The number of likely N-dealkylation sites (tertiary alicyclic amines) is 1. The van der Waals surface area contributed by atoms with Crippen LogP contribution in [0.15, 0.2) is 12.3 Å². The summed E-state index contributed by atoms with van der Waals surface area (Å²) in [6.45, 7) is 7.06. The maximum absolute atomic E-state index is 11.9. The molecule has 2 rings (SSSR count). The zero-order chi connectivity index (χ0) is 15.8. The molecule has 0 bridgehead atoms. The minimum absolute atomic E-state index is 0.127. The molecule has 1 saturated carbocycles. The quantitative estimate of drug-likeness (QED) is 0.749. The molecule has 0 aromatic rings. The molecule has 0 N–H and O–H groups in total. The van der Waals surface area contributed by atoms with Crippen LogP contribution in [-0.2, 0) is 9.53 Å². The van der Waals surface area contributed by atoms with E-state index in [1.165, 1.54) is 0 Å². The molecule has 1 amide bonds. The molecule has 1 saturated heterocycles. The van der Waals surface area contributed by atoms with Crippen LogP contribution in [0.2, 0.25) is 0 Å².